The quantitative estimate of drug-likeness (QED) is 0.147. The average Bonchev–Trinajstić information content (AvgIpc) is 3.29. The molecule has 1 aromatic heterocycles. The second-order valence-corrected chi connectivity index (χ2v) is 10.5. The smallest absolute Gasteiger partial charge is 0.255 e. The fourth-order valence-electron chi connectivity index (χ4n) is 4.91. The van der Waals surface area contributed by atoms with E-state index in [1.54, 1.807) is 49.4 Å². The van der Waals surface area contributed by atoms with Crippen molar-refractivity contribution in [2.45, 2.75) is 45.8 Å². The van der Waals surface area contributed by atoms with Crippen LogP contribution in [0.15, 0.2) is 65.1 Å². The molecule has 1 heterocycles. The Morgan fingerprint density at radius 1 is 1.07 bits per heavy atom. The van der Waals surface area contributed by atoms with E-state index in [0.29, 0.717) is 63.2 Å². The Balaban J connectivity index is 1.89. The van der Waals surface area contributed by atoms with E-state index < -0.39 is 17.5 Å². The molecule has 0 bridgehead atoms. The molecule has 40 heavy (non-hydrogen) atoms. The van der Waals surface area contributed by atoms with Crippen LogP contribution in [0.3, 0.4) is 0 Å². The van der Waals surface area contributed by atoms with Crippen LogP contribution in [-0.2, 0) is 0 Å². The summed E-state index contributed by atoms with van der Waals surface area (Å²) in [5, 5.41) is 16.0. The van der Waals surface area contributed by atoms with Crippen LogP contribution >= 0.6 is 0 Å². The highest BCUT2D eigenvalue weighted by molar-refractivity contribution is 6.12. The van der Waals surface area contributed by atoms with E-state index in [9.17, 15) is 19.1 Å². The normalized spacial score (nSPS) is 12.3. The van der Waals surface area contributed by atoms with Crippen LogP contribution in [0.25, 0.3) is 33.4 Å². The lowest BCUT2D eigenvalue weighted by Crippen LogP contribution is -2.45. The van der Waals surface area contributed by atoms with E-state index in [0.717, 1.165) is 0 Å². The van der Waals surface area contributed by atoms with Gasteiger partial charge in [-0.1, -0.05) is 22.4 Å². The number of nitrogens with one attached hydrogen (secondary N) is 3. The van der Waals surface area contributed by atoms with Crippen molar-refractivity contribution in [3.05, 3.63) is 77.6 Å². The first kappa shape index (κ1) is 28.6. The predicted octanol–water partition coefficient (Wildman–Crippen LogP) is 6.24. The number of hydrogen-bond acceptors (Lipinski definition) is 5. The molecule has 8 nitrogen and oxygen atoms in total. The topological polar surface area (TPSA) is 118 Å². The van der Waals surface area contributed by atoms with Crippen molar-refractivity contribution in [1.82, 2.24) is 10.6 Å². The first-order valence-electron chi connectivity index (χ1n) is 13.1. The molecule has 4 rings (SSSR count). The molecule has 0 aliphatic heterocycles. The van der Waals surface area contributed by atoms with Crippen LogP contribution in [-0.4, -0.2) is 46.9 Å². The van der Waals surface area contributed by atoms with Crippen molar-refractivity contribution >= 4 is 28.5 Å². The SMILES string of the molecule is CC[N+](=N)c1cc2oc(-c3ccc(F)cc3)c(C(=O)NC)c2cc1-c1cccc(C(=O)NC(C)(C)CC(C)O)c1. The molecule has 0 aliphatic rings. The maximum atomic E-state index is 13.6. The first-order chi connectivity index (χ1) is 18.9. The number of halogens is 1. The Hall–Kier alpha value is -4.37. The fraction of sp³-hybridized carbons (Fsp3) is 0.290. The average molecular weight is 546 g/mol. The number of amides is 2. The van der Waals surface area contributed by atoms with E-state index in [1.165, 1.54) is 23.9 Å². The summed E-state index contributed by atoms with van der Waals surface area (Å²) in [7, 11) is 1.52. The third-order valence-electron chi connectivity index (χ3n) is 6.67. The summed E-state index contributed by atoms with van der Waals surface area (Å²) in [6, 6.07) is 16.2. The first-order valence-corrected chi connectivity index (χ1v) is 13.1. The second kappa shape index (κ2) is 11.4. The molecule has 0 saturated heterocycles. The minimum Gasteiger partial charge on any atom is -0.455 e. The Bertz CT molecular complexity index is 1590. The highest BCUT2D eigenvalue weighted by atomic mass is 19.1. The van der Waals surface area contributed by atoms with Crippen molar-refractivity contribution in [2.24, 2.45) is 0 Å². The van der Waals surface area contributed by atoms with Crippen LogP contribution in [0.1, 0.15) is 54.8 Å². The zero-order valence-electron chi connectivity index (χ0n) is 23.3. The zero-order valence-corrected chi connectivity index (χ0v) is 23.3. The molecular formula is C31H34FN4O4+. The Morgan fingerprint density at radius 3 is 2.40 bits per heavy atom. The number of nitrogens with zero attached hydrogens (tertiary/aromatic N) is 1. The second-order valence-electron chi connectivity index (χ2n) is 10.5. The van der Waals surface area contributed by atoms with Gasteiger partial charge in [-0.25, -0.2) is 4.39 Å². The molecule has 0 aliphatic carbocycles. The van der Waals surface area contributed by atoms with Gasteiger partial charge in [0.05, 0.1) is 23.3 Å². The van der Waals surface area contributed by atoms with E-state index in [2.05, 4.69) is 10.6 Å². The lowest BCUT2D eigenvalue weighted by atomic mass is 9.95. The lowest BCUT2D eigenvalue weighted by molar-refractivity contribution is -0.531. The fourth-order valence-corrected chi connectivity index (χ4v) is 4.91. The number of carbonyl (C=O) groups excluding carboxylic acids is 2. The van der Waals surface area contributed by atoms with Crippen molar-refractivity contribution in [3.8, 4) is 22.5 Å². The van der Waals surface area contributed by atoms with Crippen molar-refractivity contribution < 1.29 is 28.2 Å². The van der Waals surface area contributed by atoms with Crippen molar-refractivity contribution in [3.63, 3.8) is 0 Å². The number of aliphatic hydroxyl groups is 1. The van der Waals surface area contributed by atoms with Crippen molar-refractivity contribution in [1.29, 1.82) is 5.53 Å². The lowest BCUT2D eigenvalue weighted by Gasteiger charge is -2.27. The van der Waals surface area contributed by atoms with E-state index >= 15 is 0 Å². The van der Waals surface area contributed by atoms with Crippen molar-refractivity contribution in [2.75, 3.05) is 13.6 Å². The van der Waals surface area contributed by atoms with E-state index in [-0.39, 0.29) is 11.8 Å². The molecule has 1 unspecified atom stereocenters. The number of hydrogen-bond donors (Lipinski definition) is 4. The summed E-state index contributed by atoms with van der Waals surface area (Å²) in [5.41, 5.74) is 11.5. The van der Waals surface area contributed by atoms with Gasteiger partial charge in [-0.3, -0.25) is 9.59 Å². The van der Waals surface area contributed by atoms with Gasteiger partial charge in [0.25, 0.3) is 11.8 Å². The van der Waals surface area contributed by atoms with Gasteiger partial charge in [-0.15, -0.1) is 0 Å². The summed E-state index contributed by atoms with van der Waals surface area (Å²) in [6.45, 7) is 7.60. The highest BCUT2D eigenvalue weighted by Crippen LogP contribution is 2.40. The largest absolute Gasteiger partial charge is 0.455 e. The summed E-state index contributed by atoms with van der Waals surface area (Å²) >= 11 is 0. The standard InChI is InChI=1S/C31H33FN4O4/c1-6-36(33)25-16-26-24(27(30(39)34-5)28(40-26)19-10-12-22(32)13-11-19)15-23(25)20-8-7-9-21(14-20)29(38)35-31(3,4)17-18(2)37/h7-16,18,33,37H,6,17H2,1-5H3,(H-,34,35,38,39)/p+1. The van der Waals surface area contributed by atoms with E-state index in [1.807, 2.05) is 26.8 Å². The van der Waals surface area contributed by atoms with Gasteiger partial charge in [0.2, 0.25) is 5.69 Å². The molecule has 0 radical (unpaired) electrons. The number of furan rings is 1. The van der Waals surface area contributed by atoms with Crippen LogP contribution in [0.2, 0.25) is 0 Å². The zero-order chi connectivity index (χ0) is 29.2. The van der Waals surface area contributed by atoms with Crippen LogP contribution < -0.4 is 10.6 Å². The van der Waals surface area contributed by atoms with E-state index in [4.69, 9.17) is 9.95 Å². The highest BCUT2D eigenvalue weighted by Gasteiger charge is 2.27. The molecule has 0 saturated carbocycles. The number of rotatable bonds is 9. The molecule has 4 N–H and O–H groups in total. The molecule has 3 aromatic carbocycles. The molecule has 4 aromatic rings. The maximum absolute atomic E-state index is 13.6. The maximum Gasteiger partial charge on any atom is 0.255 e. The minimum absolute atomic E-state index is 0.290. The summed E-state index contributed by atoms with van der Waals surface area (Å²) < 4.78 is 21.1. The number of fused-ring (bicyclic) bond motifs is 1. The molecular weight excluding hydrogens is 511 g/mol. The van der Waals surface area contributed by atoms with Crippen LogP contribution in [0, 0.1) is 11.3 Å². The van der Waals surface area contributed by atoms with Crippen LogP contribution in [0.5, 0.6) is 0 Å². The molecule has 208 valence electrons. The third-order valence-corrected chi connectivity index (χ3v) is 6.67. The van der Waals surface area contributed by atoms with Gasteiger partial charge in [0.15, 0.2) is 6.54 Å². The summed E-state index contributed by atoms with van der Waals surface area (Å²) in [6.07, 6.45) is -0.180. The van der Waals surface area contributed by atoms with Gasteiger partial charge < -0.3 is 20.2 Å². The minimum atomic E-state index is -0.624. The predicted molar refractivity (Wildman–Crippen MR) is 151 cm³/mol. The van der Waals surface area contributed by atoms with Gasteiger partial charge in [0, 0.05) is 29.1 Å². The number of benzene rings is 3. The van der Waals surface area contributed by atoms with Gasteiger partial charge in [-0.2, -0.15) is 0 Å². The Kier molecular flexibility index (Phi) is 8.16. The molecule has 2 amide bonds. The van der Waals surface area contributed by atoms with Gasteiger partial charge >= 0.3 is 0 Å². The third kappa shape index (κ3) is 5.94. The molecule has 1 atom stereocenters. The van der Waals surface area contributed by atoms with Gasteiger partial charge in [-0.05, 0) is 82.1 Å². The number of carbonyl (C=O) groups is 2. The van der Waals surface area contributed by atoms with Crippen LogP contribution in [0.4, 0.5) is 10.1 Å². The molecule has 9 heteroatoms. The monoisotopic (exact) mass is 545 g/mol. The summed E-state index contributed by atoms with van der Waals surface area (Å²) in [4.78, 5) is 26.2. The van der Waals surface area contributed by atoms with Gasteiger partial charge in [0.1, 0.15) is 17.2 Å². The molecule has 0 fully saturated rings. The summed E-state index contributed by atoms with van der Waals surface area (Å²) in [5.74, 6) is -0.777. The molecule has 0 spiro atoms. The number of aliphatic hydroxyl groups excluding tert-OH is 1. The Labute approximate surface area is 232 Å². The Morgan fingerprint density at radius 2 is 1.77 bits per heavy atom.